The second-order valence-corrected chi connectivity index (χ2v) is 5.31. The summed E-state index contributed by atoms with van der Waals surface area (Å²) >= 11 is 1.20. The van der Waals surface area contributed by atoms with Crippen molar-refractivity contribution in [1.82, 2.24) is 4.98 Å². The second kappa shape index (κ2) is 4.73. The Balaban J connectivity index is 2.41. The molecule has 0 atom stereocenters. The van der Waals surface area contributed by atoms with Gasteiger partial charge in [-0.3, -0.25) is 0 Å². The number of aromatic nitrogens is 1. The molecule has 3 heterocycles. The molecule has 3 aromatic rings. The van der Waals surface area contributed by atoms with Crippen molar-refractivity contribution in [3.8, 4) is 10.4 Å². The van der Waals surface area contributed by atoms with E-state index in [1.165, 1.54) is 11.3 Å². The highest BCUT2D eigenvalue weighted by atomic mass is 32.1. The van der Waals surface area contributed by atoms with Gasteiger partial charge in [-0.05, 0) is 17.5 Å². The van der Waals surface area contributed by atoms with Crippen LogP contribution < -0.4 is 5.73 Å². The molecule has 0 aromatic carbocycles. The number of halogens is 3. The summed E-state index contributed by atoms with van der Waals surface area (Å²) in [7, 11) is 0. The summed E-state index contributed by atoms with van der Waals surface area (Å²) in [6.07, 6.45) is -4.69. The maximum absolute atomic E-state index is 13.0. The van der Waals surface area contributed by atoms with Crippen molar-refractivity contribution in [2.75, 3.05) is 5.73 Å². The number of nitrogen functional groups attached to an aromatic ring is 1. The zero-order valence-electron chi connectivity index (χ0n) is 10.6. The summed E-state index contributed by atoms with van der Waals surface area (Å²) in [4.78, 5) is 14.9. The molecule has 3 N–H and O–H groups in total. The van der Waals surface area contributed by atoms with Gasteiger partial charge in [0.1, 0.15) is 5.69 Å². The molecule has 22 heavy (non-hydrogen) atoms. The molecule has 0 aliphatic carbocycles. The van der Waals surface area contributed by atoms with Crippen molar-refractivity contribution < 1.29 is 27.5 Å². The number of carboxylic acids is 1. The van der Waals surface area contributed by atoms with E-state index in [4.69, 9.17) is 15.3 Å². The Kier molecular flexibility index (Phi) is 3.10. The van der Waals surface area contributed by atoms with E-state index in [0.29, 0.717) is 4.88 Å². The predicted octanol–water partition coefficient (Wildman–Crippen LogP) is 3.86. The standard InChI is InChI=1S/C13H7F3N2O3S/c14-13(15,16)7-4-5(6-2-1-3-22-6)8-9(17)10(12(19)20)21-11(8)18-7/h1-4H,17H2,(H,19,20). The summed E-state index contributed by atoms with van der Waals surface area (Å²) in [6.45, 7) is 0. The van der Waals surface area contributed by atoms with Gasteiger partial charge in [0.15, 0.2) is 0 Å². The van der Waals surface area contributed by atoms with E-state index in [0.717, 1.165) is 6.07 Å². The zero-order chi connectivity index (χ0) is 16.1. The molecule has 0 radical (unpaired) electrons. The van der Waals surface area contributed by atoms with Crippen LogP contribution in [0.5, 0.6) is 0 Å². The Morgan fingerprint density at radius 3 is 2.68 bits per heavy atom. The van der Waals surface area contributed by atoms with Gasteiger partial charge < -0.3 is 15.3 Å². The molecule has 0 saturated heterocycles. The van der Waals surface area contributed by atoms with Crippen LogP contribution in [0.2, 0.25) is 0 Å². The molecule has 3 aromatic heterocycles. The van der Waals surface area contributed by atoms with Gasteiger partial charge in [0, 0.05) is 10.4 Å². The molecule has 114 valence electrons. The van der Waals surface area contributed by atoms with E-state index < -0.39 is 29.3 Å². The van der Waals surface area contributed by atoms with Gasteiger partial charge in [-0.15, -0.1) is 11.3 Å². The Morgan fingerprint density at radius 1 is 1.41 bits per heavy atom. The van der Waals surface area contributed by atoms with E-state index in [2.05, 4.69) is 4.98 Å². The first kappa shape index (κ1) is 14.4. The SMILES string of the molecule is Nc1c(C(=O)O)oc2nc(C(F)(F)F)cc(-c3cccs3)c12. The van der Waals surface area contributed by atoms with Gasteiger partial charge in [0.2, 0.25) is 11.5 Å². The molecule has 0 unspecified atom stereocenters. The minimum absolute atomic E-state index is 0.0628. The molecule has 5 nitrogen and oxygen atoms in total. The number of pyridine rings is 1. The van der Waals surface area contributed by atoms with Crippen molar-refractivity contribution in [2.45, 2.75) is 6.18 Å². The van der Waals surface area contributed by atoms with Crippen LogP contribution >= 0.6 is 11.3 Å². The number of anilines is 1. The van der Waals surface area contributed by atoms with E-state index in [1.807, 2.05) is 0 Å². The van der Waals surface area contributed by atoms with E-state index in [9.17, 15) is 18.0 Å². The van der Waals surface area contributed by atoms with Crippen LogP contribution in [0.15, 0.2) is 28.0 Å². The summed E-state index contributed by atoms with van der Waals surface area (Å²) in [5, 5.41) is 10.7. The molecular weight excluding hydrogens is 321 g/mol. The molecular formula is C13H7F3N2O3S. The number of carboxylic acid groups (broad SMARTS) is 1. The average molecular weight is 328 g/mol. The first-order chi connectivity index (χ1) is 10.3. The fourth-order valence-corrected chi connectivity index (χ4v) is 2.80. The third-order valence-electron chi connectivity index (χ3n) is 2.97. The topological polar surface area (TPSA) is 89.4 Å². The third kappa shape index (κ3) is 2.19. The van der Waals surface area contributed by atoms with Gasteiger partial charge in [-0.1, -0.05) is 6.07 Å². The molecule has 0 amide bonds. The molecule has 0 saturated carbocycles. The molecule has 0 aliphatic heterocycles. The highest BCUT2D eigenvalue weighted by molar-refractivity contribution is 7.13. The van der Waals surface area contributed by atoms with Crippen LogP contribution in [0.4, 0.5) is 18.9 Å². The monoisotopic (exact) mass is 328 g/mol. The smallest absolute Gasteiger partial charge is 0.433 e. The number of hydrogen-bond acceptors (Lipinski definition) is 5. The van der Waals surface area contributed by atoms with Gasteiger partial charge in [-0.25, -0.2) is 9.78 Å². The highest BCUT2D eigenvalue weighted by Gasteiger charge is 2.35. The lowest BCUT2D eigenvalue weighted by atomic mass is 10.1. The van der Waals surface area contributed by atoms with Gasteiger partial charge in [0.05, 0.1) is 11.1 Å². The average Bonchev–Trinajstić information content (AvgIpc) is 3.05. The minimum atomic E-state index is -4.69. The van der Waals surface area contributed by atoms with Gasteiger partial charge in [-0.2, -0.15) is 13.2 Å². The van der Waals surface area contributed by atoms with Crippen molar-refractivity contribution in [3.63, 3.8) is 0 Å². The number of alkyl halides is 3. The zero-order valence-corrected chi connectivity index (χ0v) is 11.5. The molecule has 3 rings (SSSR count). The highest BCUT2D eigenvalue weighted by Crippen LogP contribution is 2.41. The van der Waals surface area contributed by atoms with Crippen LogP contribution in [-0.2, 0) is 6.18 Å². The molecule has 0 spiro atoms. The largest absolute Gasteiger partial charge is 0.475 e. The van der Waals surface area contributed by atoms with Crippen molar-refractivity contribution in [3.05, 3.63) is 35.0 Å². The van der Waals surface area contributed by atoms with Crippen LogP contribution in [-0.4, -0.2) is 16.1 Å². The first-order valence-corrected chi connectivity index (χ1v) is 6.74. The van der Waals surface area contributed by atoms with E-state index in [1.54, 1.807) is 17.5 Å². The summed E-state index contributed by atoms with van der Waals surface area (Å²) in [5.74, 6) is -2.10. The number of nitrogens with zero attached hydrogens (tertiary/aromatic N) is 1. The van der Waals surface area contributed by atoms with Crippen LogP contribution in [0.1, 0.15) is 16.2 Å². The Bertz CT molecular complexity index is 869. The summed E-state index contributed by atoms with van der Waals surface area (Å²) in [6, 6.07) is 4.10. The Morgan fingerprint density at radius 2 is 2.14 bits per heavy atom. The van der Waals surface area contributed by atoms with Crippen LogP contribution in [0, 0.1) is 0 Å². The molecule has 0 bridgehead atoms. The van der Waals surface area contributed by atoms with Crippen LogP contribution in [0.25, 0.3) is 21.5 Å². The van der Waals surface area contributed by atoms with Crippen LogP contribution in [0.3, 0.4) is 0 Å². The van der Waals surface area contributed by atoms with E-state index >= 15 is 0 Å². The fourth-order valence-electron chi connectivity index (χ4n) is 2.05. The lowest BCUT2D eigenvalue weighted by Gasteiger charge is -2.08. The molecule has 9 heteroatoms. The number of carbonyl (C=O) groups is 1. The predicted molar refractivity (Wildman–Crippen MR) is 73.7 cm³/mol. The van der Waals surface area contributed by atoms with Crippen molar-refractivity contribution >= 4 is 34.1 Å². The lowest BCUT2D eigenvalue weighted by molar-refractivity contribution is -0.141. The number of fused-ring (bicyclic) bond motifs is 1. The van der Waals surface area contributed by atoms with E-state index in [-0.39, 0.29) is 16.6 Å². The number of thiophene rings is 1. The fraction of sp³-hybridized carbons (Fsp3) is 0.0769. The van der Waals surface area contributed by atoms with Gasteiger partial charge >= 0.3 is 12.1 Å². The number of rotatable bonds is 2. The normalized spacial score (nSPS) is 12.0. The summed E-state index contributed by atoms with van der Waals surface area (Å²) in [5.41, 5.74) is 3.99. The molecule has 0 fully saturated rings. The number of furan rings is 1. The minimum Gasteiger partial charge on any atom is -0.475 e. The second-order valence-electron chi connectivity index (χ2n) is 4.36. The molecule has 0 aliphatic rings. The van der Waals surface area contributed by atoms with Crippen molar-refractivity contribution in [1.29, 1.82) is 0 Å². The number of aromatic carboxylic acids is 1. The first-order valence-electron chi connectivity index (χ1n) is 5.86. The Labute approximate surface area is 124 Å². The number of nitrogens with two attached hydrogens (primary N) is 1. The lowest BCUT2D eigenvalue weighted by Crippen LogP contribution is -2.08. The number of hydrogen-bond donors (Lipinski definition) is 2. The van der Waals surface area contributed by atoms with Crippen molar-refractivity contribution in [2.24, 2.45) is 0 Å². The maximum atomic E-state index is 13.0. The summed E-state index contributed by atoms with van der Waals surface area (Å²) < 4.78 is 43.8. The Hall–Kier alpha value is -2.55. The quantitative estimate of drug-likeness (QED) is 0.745. The third-order valence-corrected chi connectivity index (χ3v) is 3.87. The maximum Gasteiger partial charge on any atom is 0.433 e. The van der Waals surface area contributed by atoms with Gasteiger partial charge in [0.25, 0.3) is 0 Å².